The molecule has 116 valence electrons. The highest BCUT2D eigenvalue weighted by molar-refractivity contribution is 6.31. The lowest BCUT2D eigenvalue weighted by molar-refractivity contribution is -0.137. The average Bonchev–Trinajstić information content (AvgIpc) is 2.24. The van der Waals surface area contributed by atoms with Gasteiger partial charge in [0.25, 0.3) is 0 Å². The molecule has 0 bridgehead atoms. The van der Waals surface area contributed by atoms with Crippen molar-refractivity contribution in [2.75, 3.05) is 5.32 Å². The third-order valence-electron chi connectivity index (χ3n) is 2.66. The number of amides is 1. The predicted molar refractivity (Wildman–Crippen MR) is 82.0 cm³/mol. The van der Waals surface area contributed by atoms with Gasteiger partial charge in [0.05, 0.1) is 6.42 Å². The number of anilines is 1. The summed E-state index contributed by atoms with van der Waals surface area (Å²) in [5.41, 5.74) is 0.549. The summed E-state index contributed by atoms with van der Waals surface area (Å²) in [4.78, 5) is 22.7. The first-order valence-electron chi connectivity index (χ1n) is 6.59. The molecule has 0 aromatic heterocycles. The first kappa shape index (κ1) is 17.3. The van der Waals surface area contributed by atoms with E-state index in [2.05, 4.69) is 5.32 Å². The Hall–Kier alpha value is -1.75. The highest BCUT2D eigenvalue weighted by Crippen LogP contribution is 2.30. The summed E-state index contributed by atoms with van der Waals surface area (Å²) in [5.74, 6) is -1.16. The first-order valence-corrected chi connectivity index (χ1v) is 6.97. The van der Waals surface area contributed by atoms with Crippen molar-refractivity contribution in [3.63, 3.8) is 0 Å². The molecule has 2 N–H and O–H groups in total. The summed E-state index contributed by atoms with van der Waals surface area (Å²) in [7, 11) is 0. The molecule has 0 spiro atoms. The molecule has 0 saturated carbocycles. The lowest BCUT2D eigenvalue weighted by Gasteiger charge is -2.21. The van der Waals surface area contributed by atoms with E-state index < -0.39 is 17.7 Å². The van der Waals surface area contributed by atoms with Crippen molar-refractivity contribution in [1.82, 2.24) is 0 Å². The van der Waals surface area contributed by atoms with Gasteiger partial charge in [-0.05, 0) is 44.4 Å². The van der Waals surface area contributed by atoms with E-state index in [-0.39, 0.29) is 12.3 Å². The van der Waals surface area contributed by atoms with Gasteiger partial charge in [-0.25, -0.2) is 4.79 Å². The molecule has 1 unspecified atom stereocenters. The Morgan fingerprint density at radius 1 is 1.38 bits per heavy atom. The van der Waals surface area contributed by atoms with Gasteiger partial charge in [0, 0.05) is 10.7 Å². The summed E-state index contributed by atoms with van der Waals surface area (Å²) >= 11 is 5.94. The van der Waals surface area contributed by atoms with E-state index >= 15 is 0 Å². The third kappa shape index (κ3) is 6.04. The zero-order chi connectivity index (χ0) is 16.2. The van der Waals surface area contributed by atoms with Crippen LogP contribution >= 0.6 is 11.6 Å². The van der Waals surface area contributed by atoms with Crippen LogP contribution in [0, 0.1) is 0 Å². The van der Waals surface area contributed by atoms with E-state index in [1.807, 2.05) is 0 Å². The van der Waals surface area contributed by atoms with Gasteiger partial charge in [-0.15, -0.1) is 0 Å². The van der Waals surface area contributed by atoms with Crippen LogP contribution in [0.5, 0.6) is 0 Å². The van der Waals surface area contributed by atoms with Crippen LogP contribution in [0.2, 0.25) is 5.02 Å². The number of aliphatic carboxylic acids is 1. The molecular weight excluding hydrogens is 294 g/mol. The van der Waals surface area contributed by atoms with Crippen LogP contribution in [0.15, 0.2) is 18.2 Å². The minimum absolute atomic E-state index is 0.0371. The first-order chi connectivity index (χ1) is 9.58. The number of carboxylic acid groups (broad SMARTS) is 1. The Labute approximate surface area is 129 Å². The number of carboxylic acids is 1. The van der Waals surface area contributed by atoms with Crippen molar-refractivity contribution in [3.05, 3.63) is 28.8 Å². The lowest BCUT2D eigenvalue weighted by Crippen LogP contribution is -2.27. The van der Waals surface area contributed by atoms with Gasteiger partial charge in [-0.3, -0.25) is 10.1 Å². The smallest absolute Gasteiger partial charge is 0.412 e. The van der Waals surface area contributed by atoms with Crippen LogP contribution in [0.1, 0.15) is 45.6 Å². The Balaban J connectivity index is 2.97. The monoisotopic (exact) mass is 313 g/mol. The van der Waals surface area contributed by atoms with E-state index in [1.54, 1.807) is 45.9 Å². The fourth-order valence-electron chi connectivity index (χ4n) is 1.85. The molecule has 0 aliphatic carbocycles. The van der Waals surface area contributed by atoms with Crippen LogP contribution in [0.3, 0.4) is 0 Å². The maximum Gasteiger partial charge on any atom is 0.412 e. The molecule has 0 saturated heterocycles. The van der Waals surface area contributed by atoms with Crippen LogP contribution < -0.4 is 5.32 Å². The van der Waals surface area contributed by atoms with E-state index in [1.165, 1.54) is 0 Å². The van der Waals surface area contributed by atoms with Crippen molar-refractivity contribution >= 4 is 29.4 Å². The number of halogens is 1. The SMILES string of the molecule is CC(CC(=O)O)c1ccc(Cl)cc1NC(=O)OC(C)(C)C. The van der Waals surface area contributed by atoms with Gasteiger partial charge in [0.1, 0.15) is 5.60 Å². The van der Waals surface area contributed by atoms with Crippen LogP contribution in [-0.2, 0) is 9.53 Å². The summed E-state index contributed by atoms with van der Waals surface area (Å²) in [5, 5.41) is 12.0. The number of nitrogens with one attached hydrogen (secondary N) is 1. The summed E-state index contributed by atoms with van der Waals surface area (Å²) in [6, 6.07) is 4.96. The van der Waals surface area contributed by atoms with E-state index in [9.17, 15) is 9.59 Å². The van der Waals surface area contributed by atoms with Crippen molar-refractivity contribution in [1.29, 1.82) is 0 Å². The molecule has 1 aromatic carbocycles. The fraction of sp³-hybridized carbons (Fsp3) is 0.467. The number of ether oxygens (including phenoxy) is 1. The Bertz CT molecular complexity index is 537. The highest BCUT2D eigenvalue weighted by atomic mass is 35.5. The molecule has 1 amide bonds. The predicted octanol–water partition coefficient (Wildman–Crippen LogP) is 4.27. The van der Waals surface area contributed by atoms with Crippen LogP contribution in [0.4, 0.5) is 10.5 Å². The standard InChI is InChI=1S/C15H20ClNO4/c1-9(7-13(18)19)11-6-5-10(16)8-12(11)17-14(20)21-15(2,3)4/h5-6,8-9H,7H2,1-4H3,(H,17,20)(H,18,19). The molecule has 0 aliphatic heterocycles. The molecule has 0 heterocycles. The summed E-state index contributed by atoms with van der Waals surface area (Å²) in [6.07, 6.45) is -0.640. The maximum absolute atomic E-state index is 11.8. The van der Waals surface area contributed by atoms with E-state index in [0.29, 0.717) is 16.3 Å². The number of carbonyl (C=O) groups is 2. The molecule has 1 atom stereocenters. The lowest BCUT2D eigenvalue weighted by atomic mass is 9.96. The van der Waals surface area contributed by atoms with Crippen LogP contribution in [0.25, 0.3) is 0 Å². The quantitative estimate of drug-likeness (QED) is 0.870. The average molecular weight is 314 g/mol. The molecule has 0 aliphatic rings. The van der Waals surface area contributed by atoms with Gasteiger partial charge < -0.3 is 9.84 Å². The van der Waals surface area contributed by atoms with Gasteiger partial charge in [0.2, 0.25) is 0 Å². The third-order valence-corrected chi connectivity index (χ3v) is 2.90. The number of benzene rings is 1. The molecule has 5 nitrogen and oxygen atoms in total. The zero-order valence-electron chi connectivity index (χ0n) is 12.6. The summed E-state index contributed by atoms with van der Waals surface area (Å²) in [6.45, 7) is 7.06. The largest absolute Gasteiger partial charge is 0.481 e. The topological polar surface area (TPSA) is 75.6 Å². The van der Waals surface area contributed by atoms with Crippen molar-refractivity contribution in [2.24, 2.45) is 0 Å². The second-order valence-electron chi connectivity index (χ2n) is 5.86. The number of hydrogen-bond acceptors (Lipinski definition) is 3. The van der Waals surface area contributed by atoms with Crippen molar-refractivity contribution < 1.29 is 19.4 Å². The molecular formula is C15H20ClNO4. The van der Waals surface area contributed by atoms with Gasteiger partial charge in [0.15, 0.2) is 0 Å². The van der Waals surface area contributed by atoms with Gasteiger partial charge in [-0.1, -0.05) is 24.6 Å². The Morgan fingerprint density at radius 2 is 2.00 bits per heavy atom. The molecule has 1 rings (SSSR count). The second-order valence-corrected chi connectivity index (χ2v) is 6.29. The van der Waals surface area contributed by atoms with Crippen molar-refractivity contribution in [3.8, 4) is 0 Å². The number of carbonyl (C=O) groups excluding carboxylic acids is 1. The summed E-state index contributed by atoms with van der Waals surface area (Å²) < 4.78 is 5.19. The van der Waals surface area contributed by atoms with Gasteiger partial charge >= 0.3 is 12.1 Å². The molecule has 1 aromatic rings. The molecule has 0 fully saturated rings. The molecule has 6 heteroatoms. The molecule has 21 heavy (non-hydrogen) atoms. The normalized spacial score (nSPS) is 12.6. The number of rotatable bonds is 4. The van der Waals surface area contributed by atoms with E-state index in [0.717, 1.165) is 0 Å². The van der Waals surface area contributed by atoms with E-state index in [4.69, 9.17) is 21.4 Å². The van der Waals surface area contributed by atoms with Gasteiger partial charge in [-0.2, -0.15) is 0 Å². The Kier molecular flexibility index (Phi) is 5.61. The van der Waals surface area contributed by atoms with Crippen molar-refractivity contribution in [2.45, 2.75) is 45.6 Å². The number of hydrogen-bond donors (Lipinski definition) is 2. The Morgan fingerprint density at radius 3 is 2.52 bits per heavy atom. The fourth-order valence-corrected chi connectivity index (χ4v) is 2.02. The minimum atomic E-state index is -0.902. The van der Waals surface area contributed by atoms with Crippen LogP contribution in [-0.4, -0.2) is 22.8 Å². The maximum atomic E-state index is 11.8. The highest BCUT2D eigenvalue weighted by Gasteiger charge is 2.19. The second kappa shape index (κ2) is 6.80. The minimum Gasteiger partial charge on any atom is -0.481 e. The molecule has 0 radical (unpaired) electrons. The zero-order valence-corrected chi connectivity index (χ0v) is 13.3.